The van der Waals surface area contributed by atoms with Gasteiger partial charge in [0.25, 0.3) is 0 Å². The van der Waals surface area contributed by atoms with Gasteiger partial charge >= 0.3 is 0 Å². The van der Waals surface area contributed by atoms with Gasteiger partial charge in [0.2, 0.25) is 11.9 Å². The number of nitrogens with two attached hydrogens (primary N) is 1. The normalized spacial score (nSPS) is 22.0. The zero-order valence-corrected chi connectivity index (χ0v) is 16.7. The van der Waals surface area contributed by atoms with E-state index in [1.165, 1.54) is 12.8 Å². The van der Waals surface area contributed by atoms with Crippen LogP contribution in [0.15, 0.2) is 24.4 Å². The maximum atomic E-state index is 13.0. The summed E-state index contributed by atoms with van der Waals surface area (Å²) in [7, 11) is 0. The first-order valence-electron chi connectivity index (χ1n) is 10.6. The Labute approximate surface area is 173 Å². The van der Waals surface area contributed by atoms with E-state index >= 15 is 0 Å². The Morgan fingerprint density at radius 3 is 2.93 bits per heavy atom. The SMILES string of the molecule is NC1CN(C(=O)C2CCCN2c2nc(Nc3cc(C4CC4)[nH]n3)c3cccn3n2)C1. The number of hydrogen-bond acceptors (Lipinski definition) is 7. The Balaban J connectivity index is 1.30. The third kappa shape index (κ3) is 2.98. The van der Waals surface area contributed by atoms with Crippen LogP contribution in [-0.4, -0.2) is 67.3 Å². The summed E-state index contributed by atoms with van der Waals surface area (Å²) in [5.41, 5.74) is 7.90. The van der Waals surface area contributed by atoms with E-state index in [1.807, 2.05) is 34.2 Å². The van der Waals surface area contributed by atoms with Crippen molar-refractivity contribution in [3.63, 3.8) is 0 Å². The van der Waals surface area contributed by atoms with Crippen molar-refractivity contribution in [2.45, 2.75) is 43.7 Å². The molecule has 2 saturated heterocycles. The number of hydrogen-bond donors (Lipinski definition) is 3. The van der Waals surface area contributed by atoms with Crippen LogP contribution in [-0.2, 0) is 4.79 Å². The predicted octanol–water partition coefficient (Wildman–Crippen LogP) is 1.21. The number of aromatic nitrogens is 5. The number of anilines is 3. The van der Waals surface area contributed by atoms with Crippen molar-refractivity contribution >= 4 is 29.0 Å². The highest BCUT2D eigenvalue weighted by molar-refractivity contribution is 5.86. The molecule has 3 fully saturated rings. The minimum atomic E-state index is -0.231. The van der Waals surface area contributed by atoms with Gasteiger partial charge in [0.05, 0.1) is 0 Å². The zero-order chi connectivity index (χ0) is 20.2. The number of carbonyl (C=O) groups excluding carboxylic acids is 1. The molecule has 0 bridgehead atoms. The zero-order valence-electron chi connectivity index (χ0n) is 16.7. The molecule has 156 valence electrons. The molecule has 3 aliphatic rings. The molecular weight excluding hydrogens is 382 g/mol. The third-order valence-electron chi connectivity index (χ3n) is 6.26. The van der Waals surface area contributed by atoms with Crippen LogP contribution in [0.2, 0.25) is 0 Å². The van der Waals surface area contributed by atoms with E-state index in [2.05, 4.69) is 20.6 Å². The Morgan fingerprint density at radius 1 is 1.27 bits per heavy atom. The molecule has 2 aliphatic heterocycles. The lowest BCUT2D eigenvalue weighted by atomic mass is 10.1. The lowest BCUT2D eigenvalue weighted by Crippen LogP contribution is -2.61. The van der Waals surface area contributed by atoms with Crippen molar-refractivity contribution in [1.29, 1.82) is 0 Å². The van der Waals surface area contributed by atoms with Crippen LogP contribution in [0.3, 0.4) is 0 Å². The Bertz CT molecular complexity index is 1090. The van der Waals surface area contributed by atoms with Gasteiger partial charge in [0.1, 0.15) is 11.6 Å². The van der Waals surface area contributed by atoms with Crippen molar-refractivity contribution < 1.29 is 4.79 Å². The van der Waals surface area contributed by atoms with Crippen molar-refractivity contribution in [3.8, 4) is 0 Å². The quantitative estimate of drug-likeness (QED) is 0.581. The van der Waals surface area contributed by atoms with Crippen LogP contribution in [0.5, 0.6) is 0 Å². The van der Waals surface area contributed by atoms with Gasteiger partial charge in [-0.2, -0.15) is 10.1 Å². The Kier molecular flexibility index (Phi) is 3.95. The molecule has 10 nitrogen and oxygen atoms in total. The average molecular weight is 407 g/mol. The summed E-state index contributed by atoms with van der Waals surface area (Å²) >= 11 is 0. The standard InChI is InChI=1S/C20H25N9O/c21-13-10-27(11-13)19(30)16-4-1-7-28(16)20-23-18(15-3-2-8-29(15)26-20)22-17-9-14(24-25-17)12-5-6-12/h2-3,8-9,12-13,16H,1,4-7,10-11,21H2,(H2,22,23,24,25,26). The van der Waals surface area contributed by atoms with E-state index in [0.29, 0.717) is 30.8 Å². The summed E-state index contributed by atoms with van der Waals surface area (Å²) in [4.78, 5) is 21.6. The molecule has 30 heavy (non-hydrogen) atoms. The Hall–Kier alpha value is -3.14. The highest BCUT2D eigenvalue weighted by Crippen LogP contribution is 2.39. The van der Waals surface area contributed by atoms with Crippen LogP contribution >= 0.6 is 0 Å². The van der Waals surface area contributed by atoms with E-state index in [-0.39, 0.29) is 18.0 Å². The maximum Gasteiger partial charge on any atom is 0.246 e. The van der Waals surface area contributed by atoms with Gasteiger partial charge in [0, 0.05) is 49.6 Å². The number of aromatic amines is 1. The number of H-pyrrole nitrogens is 1. The molecule has 1 saturated carbocycles. The van der Waals surface area contributed by atoms with E-state index < -0.39 is 0 Å². The third-order valence-corrected chi connectivity index (χ3v) is 6.26. The minimum Gasteiger partial charge on any atom is -0.338 e. The molecule has 3 aromatic rings. The number of nitrogens with one attached hydrogen (secondary N) is 2. The highest BCUT2D eigenvalue weighted by atomic mass is 16.2. The summed E-state index contributed by atoms with van der Waals surface area (Å²) < 4.78 is 1.80. The number of carbonyl (C=O) groups is 1. The number of likely N-dealkylation sites (tertiary alicyclic amines) is 1. The van der Waals surface area contributed by atoms with Crippen LogP contribution < -0.4 is 16.0 Å². The average Bonchev–Trinajstić information content (AvgIpc) is 3.12. The van der Waals surface area contributed by atoms with Gasteiger partial charge in [-0.25, -0.2) is 4.52 Å². The summed E-state index contributed by atoms with van der Waals surface area (Å²) in [5, 5.41) is 15.5. The van der Waals surface area contributed by atoms with Gasteiger partial charge in [-0.3, -0.25) is 9.89 Å². The first-order chi connectivity index (χ1) is 14.7. The second kappa shape index (κ2) is 6.69. The fourth-order valence-corrected chi connectivity index (χ4v) is 4.43. The molecule has 0 radical (unpaired) electrons. The molecule has 1 unspecified atom stereocenters. The second-order valence-electron chi connectivity index (χ2n) is 8.56. The van der Waals surface area contributed by atoms with E-state index in [9.17, 15) is 4.79 Å². The summed E-state index contributed by atoms with van der Waals surface area (Å²) in [6, 6.07) is 5.82. The molecule has 5 heterocycles. The van der Waals surface area contributed by atoms with Crippen LogP contribution in [0, 0.1) is 0 Å². The molecule has 3 aromatic heterocycles. The fraction of sp³-hybridized carbons (Fsp3) is 0.500. The topological polar surface area (TPSA) is 120 Å². The monoisotopic (exact) mass is 407 g/mol. The maximum absolute atomic E-state index is 13.0. The first-order valence-corrected chi connectivity index (χ1v) is 10.6. The lowest BCUT2D eigenvalue weighted by Gasteiger charge is -2.39. The van der Waals surface area contributed by atoms with Gasteiger partial charge in [0.15, 0.2) is 11.6 Å². The molecule has 1 aliphatic carbocycles. The molecule has 10 heteroatoms. The van der Waals surface area contributed by atoms with Gasteiger partial charge < -0.3 is 20.9 Å². The number of amides is 1. The minimum absolute atomic E-state index is 0.0986. The largest absolute Gasteiger partial charge is 0.338 e. The van der Waals surface area contributed by atoms with E-state index in [4.69, 9.17) is 10.7 Å². The van der Waals surface area contributed by atoms with Crippen molar-refractivity contribution in [1.82, 2.24) is 29.7 Å². The predicted molar refractivity (Wildman–Crippen MR) is 112 cm³/mol. The Morgan fingerprint density at radius 2 is 2.13 bits per heavy atom. The van der Waals surface area contributed by atoms with Crippen LogP contribution in [0.25, 0.3) is 5.52 Å². The molecule has 1 atom stereocenters. The van der Waals surface area contributed by atoms with Crippen molar-refractivity contribution in [3.05, 3.63) is 30.1 Å². The lowest BCUT2D eigenvalue weighted by molar-refractivity contribution is -0.136. The van der Waals surface area contributed by atoms with Crippen LogP contribution in [0.1, 0.15) is 37.3 Å². The van der Waals surface area contributed by atoms with Crippen LogP contribution in [0.4, 0.5) is 17.6 Å². The van der Waals surface area contributed by atoms with E-state index in [1.54, 1.807) is 4.52 Å². The van der Waals surface area contributed by atoms with E-state index in [0.717, 1.165) is 36.4 Å². The smallest absolute Gasteiger partial charge is 0.246 e. The fourth-order valence-electron chi connectivity index (χ4n) is 4.43. The molecular formula is C20H25N9O. The van der Waals surface area contributed by atoms with Gasteiger partial charge in [-0.1, -0.05) is 0 Å². The number of rotatable bonds is 5. The molecule has 4 N–H and O–H groups in total. The molecule has 0 spiro atoms. The van der Waals surface area contributed by atoms with Crippen molar-refractivity contribution in [2.75, 3.05) is 29.9 Å². The summed E-state index contributed by atoms with van der Waals surface area (Å²) in [6.07, 6.45) is 6.08. The molecule has 0 aromatic carbocycles. The summed E-state index contributed by atoms with van der Waals surface area (Å²) in [5.74, 6) is 2.71. The van der Waals surface area contributed by atoms with Crippen molar-refractivity contribution in [2.24, 2.45) is 5.73 Å². The van der Waals surface area contributed by atoms with Gasteiger partial charge in [-0.05, 0) is 37.8 Å². The second-order valence-corrected chi connectivity index (χ2v) is 8.56. The van der Waals surface area contributed by atoms with Gasteiger partial charge in [-0.15, -0.1) is 5.10 Å². The molecule has 1 amide bonds. The number of nitrogens with zero attached hydrogens (tertiary/aromatic N) is 6. The summed E-state index contributed by atoms with van der Waals surface area (Å²) in [6.45, 7) is 2.03. The highest BCUT2D eigenvalue weighted by Gasteiger charge is 2.39. The number of fused-ring (bicyclic) bond motifs is 1. The first kappa shape index (κ1) is 17.7. The molecule has 6 rings (SSSR count).